The molecule has 100 valence electrons. The number of carbonyl (C=O) groups is 1. The van der Waals surface area contributed by atoms with Gasteiger partial charge in [0.25, 0.3) is 0 Å². The zero-order valence-electron chi connectivity index (χ0n) is 11.3. The minimum Gasteiger partial charge on any atom is -0.299 e. The third-order valence-electron chi connectivity index (χ3n) is 2.65. The zero-order valence-corrected chi connectivity index (χ0v) is 12.1. The van der Waals surface area contributed by atoms with Crippen LogP contribution in [-0.4, -0.2) is 11.5 Å². The Hall–Kier alpha value is -0.830. The van der Waals surface area contributed by atoms with E-state index in [1.54, 1.807) is 6.07 Å². The van der Waals surface area contributed by atoms with Crippen LogP contribution in [0.5, 0.6) is 0 Å². The van der Waals surface area contributed by atoms with Crippen LogP contribution in [0.25, 0.3) is 0 Å². The van der Waals surface area contributed by atoms with Crippen molar-refractivity contribution in [2.24, 2.45) is 11.8 Å². The summed E-state index contributed by atoms with van der Waals surface area (Å²) < 4.78 is 12.9. The lowest BCUT2D eigenvalue weighted by Crippen LogP contribution is -2.09. The van der Waals surface area contributed by atoms with Crippen molar-refractivity contribution in [3.63, 3.8) is 0 Å². The normalized spacial score (nSPS) is 12.7. The van der Waals surface area contributed by atoms with Crippen LogP contribution < -0.4 is 0 Å². The monoisotopic (exact) mass is 268 g/mol. The summed E-state index contributed by atoms with van der Waals surface area (Å²) in [4.78, 5) is 12.6. The number of Topliss-reactive ketones (excluding diaryl/α,β-unsaturated/α-hetero) is 1. The van der Waals surface area contributed by atoms with Gasteiger partial charge < -0.3 is 0 Å². The maximum atomic E-state index is 12.9. The van der Waals surface area contributed by atoms with Gasteiger partial charge in [-0.25, -0.2) is 4.39 Å². The van der Waals surface area contributed by atoms with Gasteiger partial charge in [0.15, 0.2) is 0 Å². The molecule has 1 unspecified atom stereocenters. The molecular weight excluding hydrogens is 247 g/mol. The molecular formula is C15H21FOS. The number of hydrogen-bond donors (Lipinski definition) is 0. The van der Waals surface area contributed by atoms with Gasteiger partial charge in [0.05, 0.1) is 5.75 Å². The van der Waals surface area contributed by atoms with E-state index in [-0.39, 0.29) is 11.6 Å². The van der Waals surface area contributed by atoms with Crippen molar-refractivity contribution >= 4 is 17.5 Å². The Morgan fingerprint density at radius 1 is 1.33 bits per heavy atom. The third-order valence-corrected chi connectivity index (χ3v) is 3.70. The first-order valence-corrected chi connectivity index (χ1v) is 7.36. The van der Waals surface area contributed by atoms with Gasteiger partial charge in [0.1, 0.15) is 11.6 Å². The van der Waals surface area contributed by atoms with Crippen LogP contribution in [0.4, 0.5) is 4.39 Å². The fourth-order valence-electron chi connectivity index (χ4n) is 2.06. The molecule has 0 radical (unpaired) electrons. The smallest absolute Gasteiger partial charge is 0.143 e. The number of rotatable bonds is 7. The Morgan fingerprint density at radius 3 is 2.67 bits per heavy atom. The Balaban J connectivity index is 2.33. The summed E-state index contributed by atoms with van der Waals surface area (Å²) in [5.74, 6) is 1.50. The summed E-state index contributed by atoms with van der Waals surface area (Å²) >= 11 is 1.41. The zero-order chi connectivity index (χ0) is 13.5. The average Bonchev–Trinajstić information content (AvgIpc) is 2.25. The fourth-order valence-corrected chi connectivity index (χ4v) is 2.87. The fraction of sp³-hybridized carbons (Fsp3) is 0.533. The van der Waals surface area contributed by atoms with Gasteiger partial charge in [-0.2, -0.15) is 0 Å². The van der Waals surface area contributed by atoms with E-state index in [1.165, 1.54) is 23.9 Å². The lowest BCUT2D eigenvalue weighted by atomic mass is 9.95. The molecule has 1 nitrogen and oxygen atoms in total. The van der Waals surface area contributed by atoms with E-state index >= 15 is 0 Å². The second-order valence-electron chi connectivity index (χ2n) is 5.22. The first kappa shape index (κ1) is 15.2. The van der Waals surface area contributed by atoms with Crippen molar-refractivity contribution < 1.29 is 9.18 Å². The molecule has 0 aliphatic carbocycles. The standard InChI is InChI=1S/C15H21FOS/c1-11(2)7-12(3)8-14(17)10-18-15-6-4-5-13(16)9-15/h4-6,9,11-12H,7-8,10H2,1-3H3. The van der Waals surface area contributed by atoms with Crippen LogP contribution in [0.3, 0.4) is 0 Å². The highest BCUT2D eigenvalue weighted by Crippen LogP contribution is 2.21. The molecule has 1 aromatic rings. The molecule has 0 fully saturated rings. The molecule has 0 heterocycles. The van der Waals surface area contributed by atoms with Gasteiger partial charge >= 0.3 is 0 Å². The molecule has 0 saturated heterocycles. The summed E-state index contributed by atoms with van der Waals surface area (Å²) in [6.45, 7) is 6.45. The third kappa shape index (κ3) is 6.20. The van der Waals surface area contributed by atoms with E-state index in [2.05, 4.69) is 20.8 Å². The predicted molar refractivity (Wildman–Crippen MR) is 75.4 cm³/mol. The highest BCUT2D eigenvalue weighted by molar-refractivity contribution is 8.00. The van der Waals surface area contributed by atoms with Crippen LogP contribution >= 0.6 is 11.8 Å². The maximum absolute atomic E-state index is 12.9. The van der Waals surface area contributed by atoms with Crippen molar-refractivity contribution in [3.8, 4) is 0 Å². The van der Waals surface area contributed by atoms with Crippen molar-refractivity contribution in [2.75, 3.05) is 5.75 Å². The first-order valence-electron chi connectivity index (χ1n) is 6.37. The molecule has 0 N–H and O–H groups in total. The number of hydrogen-bond acceptors (Lipinski definition) is 2. The molecule has 0 bridgehead atoms. The predicted octanol–water partition coefficient (Wildman–Crippen LogP) is 4.56. The minimum atomic E-state index is -0.249. The molecule has 1 rings (SSSR count). The molecule has 1 atom stereocenters. The molecule has 18 heavy (non-hydrogen) atoms. The molecule has 0 aromatic heterocycles. The number of benzene rings is 1. The summed E-state index contributed by atoms with van der Waals surface area (Å²) in [6, 6.07) is 6.38. The molecule has 0 saturated carbocycles. The summed E-state index contributed by atoms with van der Waals surface area (Å²) in [7, 11) is 0. The van der Waals surface area contributed by atoms with Crippen molar-refractivity contribution in [2.45, 2.75) is 38.5 Å². The SMILES string of the molecule is CC(C)CC(C)CC(=O)CSc1cccc(F)c1. The molecule has 0 amide bonds. The topological polar surface area (TPSA) is 17.1 Å². The second kappa shape index (κ2) is 7.57. The van der Waals surface area contributed by atoms with Crippen LogP contribution in [0.2, 0.25) is 0 Å². The largest absolute Gasteiger partial charge is 0.299 e. The van der Waals surface area contributed by atoms with Gasteiger partial charge in [-0.3, -0.25) is 4.79 Å². The second-order valence-corrected chi connectivity index (χ2v) is 6.27. The molecule has 3 heteroatoms. The summed E-state index contributed by atoms with van der Waals surface area (Å²) in [5.41, 5.74) is 0. The molecule has 0 aliphatic heterocycles. The van der Waals surface area contributed by atoms with E-state index in [0.29, 0.717) is 24.0 Å². The highest BCUT2D eigenvalue weighted by Gasteiger charge is 2.11. The number of thioether (sulfide) groups is 1. The Kier molecular flexibility index (Phi) is 6.41. The van der Waals surface area contributed by atoms with Crippen LogP contribution in [0.15, 0.2) is 29.2 Å². The molecule has 1 aromatic carbocycles. The Bertz CT molecular complexity index is 390. The van der Waals surface area contributed by atoms with Gasteiger partial charge in [-0.1, -0.05) is 26.8 Å². The van der Waals surface area contributed by atoms with Gasteiger partial charge in [-0.05, 0) is 36.5 Å². The summed E-state index contributed by atoms with van der Waals surface area (Å²) in [5, 5.41) is 0. The van der Waals surface area contributed by atoms with Crippen molar-refractivity contribution in [3.05, 3.63) is 30.1 Å². The van der Waals surface area contributed by atoms with E-state index in [0.717, 1.165) is 11.3 Å². The molecule has 0 aliphatic rings. The highest BCUT2D eigenvalue weighted by atomic mass is 32.2. The number of carbonyl (C=O) groups excluding carboxylic acids is 1. The van der Waals surface area contributed by atoms with Crippen molar-refractivity contribution in [1.82, 2.24) is 0 Å². The van der Waals surface area contributed by atoms with Crippen LogP contribution in [0, 0.1) is 17.7 Å². The van der Waals surface area contributed by atoms with Gasteiger partial charge in [-0.15, -0.1) is 11.8 Å². The van der Waals surface area contributed by atoms with E-state index < -0.39 is 0 Å². The number of halogens is 1. The van der Waals surface area contributed by atoms with Gasteiger partial charge in [0, 0.05) is 11.3 Å². The lowest BCUT2D eigenvalue weighted by Gasteiger charge is -2.12. The first-order chi connectivity index (χ1) is 8.47. The van der Waals surface area contributed by atoms with Gasteiger partial charge in [0.2, 0.25) is 0 Å². The van der Waals surface area contributed by atoms with Crippen LogP contribution in [0.1, 0.15) is 33.6 Å². The average molecular weight is 268 g/mol. The molecule has 0 spiro atoms. The van der Waals surface area contributed by atoms with Crippen molar-refractivity contribution in [1.29, 1.82) is 0 Å². The minimum absolute atomic E-state index is 0.248. The van der Waals surface area contributed by atoms with Crippen LogP contribution in [-0.2, 0) is 4.79 Å². The van der Waals surface area contributed by atoms with E-state index in [9.17, 15) is 9.18 Å². The Morgan fingerprint density at radius 2 is 2.06 bits per heavy atom. The maximum Gasteiger partial charge on any atom is 0.143 e. The number of ketones is 1. The Labute approximate surface area is 113 Å². The quantitative estimate of drug-likeness (QED) is 0.674. The summed E-state index contributed by atoms with van der Waals surface area (Å²) in [6.07, 6.45) is 1.71. The van der Waals surface area contributed by atoms with E-state index in [4.69, 9.17) is 0 Å². The van der Waals surface area contributed by atoms with E-state index in [1.807, 2.05) is 6.07 Å². The lowest BCUT2D eigenvalue weighted by molar-refractivity contribution is -0.117.